The number of nitrogens with one attached hydrogen (secondary N) is 2. The van der Waals surface area contributed by atoms with Gasteiger partial charge in [0.25, 0.3) is 11.8 Å². The van der Waals surface area contributed by atoms with Crippen molar-refractivity contribution in [3.05, 3.63) is 83.2 Å². The molecule has 1 aromatic heterocycles. The molecule has 0 saturated carbocycles. The van der Waals surface area contributed by atoms with E-state index < -0.39 is 46.4 Å². The molecular formula is C21H14F5N3O3. The van der Waals surface area contributed by atoms with Crippen molar-refractivity contribution in [2.75, 3.05) is 12.4 Å². The third kappa shape index (κ3) is 5.17. The molecule has 32 heavy (non-hydrogen) atoms. The number of alkyl halides is 3. The number of pyridine rings is 1. The van der Waals surface area contributed by atoms with E-state index in [9.17, 15) is 31.5 Å². The SMILES string of the molecule is CNC(=O)c1cc(Oc2ccc(NC(=O)c3cc(C(F)(F)F)ccc3F)c(F)c2)ccn1. The van der Waals surface area contributed by atoms with Crippen LogP contribution < -0.4 is 15.4 Å². The molecule has 3 rings (SSSR count). The summed E-state index contributed by atoms with van der Waals surface area (Å²) < 4.78 is 72.2. The molecule has 0 aliphatic heterocycles. The Bertz CT molecular complexity index is 1180. The van der Waals surface area contributed by atoms with Crippen molar-refractivity contribution in [1.82, 2.24) is 10.3 Å². The Morgan fingerprint density at radius 3 is 2.28 bits per heavy atom. The van der Waals surface area contributed by atoms with E-state index in [2.05, 4.69) is 10.3 Å². The Morgan fingerprint density at radius 1 is 0.906 bits per heavy atom. The van der Waals surface area contributed by atoms with Crippen LogP contribution in [0.25, 0.3) is 0 Å². The summed E-state index contributed by atoms with van der Waals surface area (Å²) in [6.45, 7) is 0. The molecule has 0 bridgehead atoms. The number of halogens is 5. The molecule has 0 fully saturated rings. The van der Waals surface area contributed by atoms with E-state index in [-0.39, 0.29) is 17.2 Å². The largest absolute Gasteiger partial charge is 0.457 e. The van der Waals surface area contributed by atoms with Crippen molar-refractivity contribution in [3.63, 3.8) is 0 Å². The second kappa shape index (κ2) is 9.00. The smallest absolute Gasteiger partial charge is 0.416 e. The van der Waals surface area contributed by atoms with Gasteiger partial charge in [0.1, 0.15) is 28.8 Å². The van der Waals surface area contributed by atoms with Crippen molar-refractivity contribution >= 4 is 17.5 Å². The zero-order chi connectivity index (χ0) is 23.5. The van der Waals surface area contributed by atoms with Crippen LogP contribution >= 0.6 is 0 Å². The lowest BCUT2D eigenvalue weighted by Gasteiger charge is -2.12. The zero-order valence-electron chi connectivity index (χ0n) is 16.3. The first-order valence-electron chi connectivity index (χ1n) is 8.92. The molecule has 0 aliphatic carbocycles. The molecule has 0 radical (unpaired) electrons. The number of anilines is 1. The van der Waals surface area contributed by atoms with Crippen molar-refractivity contribution in [3.8, 4) is 11.5 Å². The van der Waals surface area contributed by atoms with Crippen LogP contribution in [0.1, 0.15) is 26.4 Å². The highest BCUT2D eigenvalue weighted by Crippen LogP contribution is 2.31. The quantitative estimate of drug-likeness (QED) is 0.547. The number of amides is 2. The number of hydrogen-bond donors (Lipinski definition) is 2. The van der Waals surface area contributed by atoms with Crippen LogP contribution in [0, 0.1) is 11.6 Å². The van der Waals surface area contributed by atoms with E-state index in [1.807, 2.05) is 5.32 Å². The Kier molecular flexibility index (Phi) is 6.37. The average Bonchev–Trinajstić information content (AvgIpc) is 2.74. The fraction of sp³-hybridized carbons (Fsp3) is 0.0952. The molecule has 0 saturated heterocycles. The summed E-state index contributed by atoms with van der Waals surface area (Å²) in [6.07, 6.45) is -3.47. The standard InChI is InChI=1S/C21H14F5N3O3/c1-27-20(31)18-10-13(6-7-28-18)32-12-3-5-17(16(23)9-12)29-19(30)14-8-11(21(24,25)26)2-4-15(14)22/h2-10H,1H3,(H,27,31)(H,29,30). The molecule has 6 nitrogen and oxygen atoms in total. The molecule has 2 amide bonds. The van der Waals surface area contributed by atoms with Gasteiger partial charge in [-0.05, 0) is 36.4 Å². The molecule has 1 heterocycles. The van der Waals surface area contributed by atoms with E-state index in [1.165, 1.54) is 31.4 Å². The number of rotatable bonds is 5. The monoisotopic (exact) mass is 451 g/mol. The van der Waals surface area contributed by atoms with E-state index >= 15 is 0 Å². The Morgan fingerprint density at radius 2 is 1.62 bits per heavy atom. The fourth-order valence-corrected chi connectivity index (χ4v) is 2.59. The highest BCUT2D eigenvalue weighted by molar-refractivity contribution is 6.04. The van der Waals surface area contributed by atoms with Crippen LogP contribution in [0.15, 0.2) is 54.7 Å². The lowest BCUT2D eigenvalue weighted by atomic mass is 10.1. The number of benzene rings is 2. The first-order chi connectivity index (χ1) is 15.1. The average molecular weight is 451 g/mol. The van der Waals surface area contributed by atoms with Gasteiger partial charge >= 0.3 is 6.18 Å². The van der Waals surface area contributed by atoms with Crippen molar-refractivity contribution < 1.29 is 36.3 Å². The molecule has 0 spiro atoms. The van der Waals surface area contributed by atoms with E-state index in [0.29, 0.717) is 18.2 Å². The third-order valence-electron chi connectivity index (χ3n) is 4.15. The van der Waals surface area contributed by atoms with Gasteiger partial charge in [0, 0.05) is 25.4 Å². The minimum absolute atomic E-state index is 0.000181. The minimum atomic E-state index is -4.78. The van der Waals surface area contributed by atoms with Gasteiger partial charge in [0.2, 0.25) is 0 Å². The summed E-state index contributed by atoms with van der Waals surface area (Å²) >= 11 is 0. The Balaban J connectivity index is 1.78. The molecule has 0 atom stereocenters. The normalized spacial score (nSPS) is 11.1. The molecule has 0 aliphatic rings. The summed E-state index contributed by atoms with van der Waals surface area (Å²) in [7, 11) is 1.42. The lowest BCUT2D eigenvalue weighted by Crippen LogP contribution is -2.18. The summed E-state index contributed by atoms with van der Waals surface area (Å²) in [5.74, 6) is -3.71. The van der Waals surface area contributed by atoms with Crippen LogP contribution in [0.3, 0.4) is 0 Å². The number of nitrogens with zero attached hydrogens (tertiary/aromatic N) is 1. The maximum absolute atomic E-state index is 14.4. The first kappa shape index (κ1) is 22.7. The lowest BCUT2D eigenvalue weighted by molar-refractivity contribution is -0.137. The maximum atomic E-state index is 14.4. The molecule has 0 unspecified atom stereocenters. The Hall–Kier alpha value is -4.02. The molecule has 3 aromatic rings. The third-order valence-corrected chi connectivity index (χ3v) is 4.15. The van der Waals surface area contributed by atoms with Crippen LogP contribution in [-0.4, -0.2) is 23.8 Å². The number of carbonyl (C=O) groups excluding carboxylic acids is 2. The highest BCUT2D eigenvalue weighted by Gasteiger charge is 2.32. The Labute approximate surface area is 178 Å². The van der Waals surface area contributed by atoms with Crippen LogP contribution in [0.5, 0.6) is 11.5 Å². The maximum Gasteiger partial charge on any atom is 0.416 e. The summed E-state index contributed by atoms with van der Waals surface area (Å²) in [5.41, 5.74) is -2.45. The van der Waals surface area contributed by atoms with E-state index in [4.69, 9.17) is 4.74 Å². The molecule has 11 heteroatoms. The summed E-state index contributed by atoms with van der Waals surface area (Å²) in [4.78, 5) is 27.7. The van der Waals surface area contributed by atoms with E-state index in [1.54, 1.807) is 0 Å². The number of ether oxygens (including phenoxy) is 1. The zero-order valence-corrected chi connectivity index (χ0v) is 16.3. The fourth-order valence-electron chi connectivity index (χ4n) is 2.59. The van der Waals surface area contributed by atoms with Gasteiger partial charge in [-0.2, -0.15) is 13.2 Å². The molecule has 2 aromatic carbocycles. The minimum Gasteiger partial charge on any atom is -0.457 e. The van der Waals surface area contributed by atoms with Crippen molar-refractivity contribution in [1.29, 1.82) is 0 Å². The van der Waals surface area contributed by atoms with Crippen molar-refractivity contribution in [2.24, 2.45) is 0 Å². The van der Waals surface area contributed by atoms with Gasteiger partial charge in [-0.25, -0.2) is 8.78 Å². The topological polar surface area (TPSA) is 80.3 Å². The van der Waals surface area contributed by atoms with Crippen LogP contribution in [0.4, 0.5) is 27.6 Å². The van der Waals surface area contributed by atoms with Crippen LogP contribution in [-0.2, 0) is 6.18 Å². The van der Waals surface area contributed by atoms with Gasteiger partial charge in [-0.1, -0.05) is 0 Å². The van der Waals surface area contributed by atoms with Gasteiger partial charge in [-0.3, -0.25) is 14.6 Å². The van der Waals surface area contributed by atoms with Gasteiger partial charge < -0.3 is 15.4 Å². The summed E-state index contributed by atoms with van der Waals surface area (Å²) in [6, 6.07) is 7.35. The second-order valence-electron chi connectivity index (χ2n) is 6.35. The van der Waals surface area contributed by atoms with Gasteiger partial charge in [0.05, 0.1) is 16.8 Å². The predicted molar refractivity (Wildman–Crippen MR) is 103 cm³/mol. The number of carbonyl (C=O) groups is 2. The molecule has 166 valence electrons. The molecular weight excluding hydrogens is 437 g/mol. The first-order valence-corrected chi connectivity index (χ1v) is 8.92. The highest BCUT2D eigenvalue weighted by atomic mass is 19.4. The van der Waals surface area contributed by atoms with Crippen molar-refractivity contribution in [2.45, 2.75) is 6.18 Å². The number of aromatic nitrogens is 1. The molecule has 2 N–H and O–H groups in total. The predicted octanol–water partition coefficient (Wildman–Crippen LogP) is 4.78. The number of hydrogen-bond acceptors (Lipinski definition) is 4. The van der Waals surface area contributed by atoms with Crippen LogP contribution in [0.2, 0.25) is 0 Å². The van der Waals surface area contributed by atoms with Gasteiger partial charge in [-0.15, -0.1) is 0 Å². The van der Waals surface area contributed by atoms with Gasteiger partial charge in [0.15, 0.2) is 0 Å². The second-order valence-corrected chi connectivity index (χ2v) is 6.35. The summed E-state index contributed by atoms with van der Waals surface area (Å²) in [5, 5.41) is 4.42. The van der Waals surface area contributed by atoms with E-state index in [0.717, 1.165) is 12.1 Å².